The van der Waals surface area contributed by atoms with E-state index in [9.17, 15) is 5.11 Å². The van der Waals surface area contributed by atoms with E-state index in [1.54, 1.807) is 6.07 Å². The molecule has 2 rings (SSSR count). The molecular weight excluding hydrogens is 222 g/mol. The average molecular weight is 241 g/mol. The molecule has 0 aromatic heterocycles. The van der Waals surface area contributed by atoms with Crippen LogP contribution in [0.4, 0.5) is 5.69 Å². The smallest absolute Gasteiger partial charge is 0.115 e. The number of anilines is 1. The number of hydrogen-bond acceptors (Lipinski definition) is 2. The molecular formula is C16H19NO. The van der Waals surface area contributed by atoms with Crippen LogP contribution < -0.4 is 4.90 Å². The molecule has 0 fully saturated rings. The number of para-hydroxylation sites is 1. The Morgan fingerprint density at radius 3 is 2.50 bits per heavy atom. The van der Waals surface area contributed by atoms with E-state index in [-0.39, 0.29) is 0 Å². The van der Waals surface area contributed by atoms with Gasteiger partial charge in [0.25, 0.3) is 0 Å². The van der Waals surface area contributed by atoms with Crippen LogP contribution in [-0.2, 0) is 6.54 Å². The Morgan fingerprint density at radius 1 is 1.06 bits per heavy atom. The van der Waals surface area contributed by atoms with Crippen molar-refractivity contribution in [3.8, 4) is 5.75 Å². The SMILES string of the molecule is CCN(Cc1cccc(O)c1)c1ccccc1C. The highest BCUT2D eigenvalue weighted by atomic mass is 16.3. The molecule has 2 nitrogen and oxygen atoms in total. The predicted molar refractivity (Wildman–Crippen MR) is 76.0 cm³/mol. The van der Waals surface area contributed by atoms with Gasteiger partial charge in [0.2, 0.25) is 0 Å². The Kier molecular flexibility index (Phi) is 3.88. The fourth-order valence-corrected chi connectivity index (χ4v) is 2.16. The Morgan fingerprint density at radius 2 is 1.83 bits per heavy atom. The second-order valence-electron chi connectivity index (χ2n) is 4.47. The molecule has 0 aliphatic heterocycles. The summed E-state index contributed by atoms with van der Waals surface area (Å²) < 4.78 is 0. The zero-order chi connectivity index (χ0) is 13.0. The number of phenolic OH excluding ortho intramolecular Hbond substituents is 1. The van der Waals surface area contributed by atoms with E-state index in [0.29, 0.717) is 5.75 Å². The molecule has 2 aromatic rings. The van der Waals surface area contributed by atoms with Crippen LogP contribution in [0.3, 0.4) is 0 Å². The van der Waals surface area contributed by atoms with Crippen molar-refractivity contribution in [2.75, 3.05) is 11.4 Å². The first kappa shape index (κ1) is 12.5. The van der Waals surface area contributed by atoms with E-state index in [2.05, 4.69) is 43.0 Å². The van der Waals surface area contributed by atoms with Crippen molar-refractivity contribution < 1.29 is 5.11 Å². The van der Waals surface area contributed by atoms with E-state index in [1.165, 1.54) is 11.3 Å². The lowest BCUT2D eigenvalue weighted by molar-refractivity contribution is 0.474. The Hall–Kier alpha value is -1.96. The van der Waals surface area contributed by atoms with Crippen molar-refractivity contribution >= 4 is 5.69 Å². The van der Waals surface area contributed by atoms with E-state index < -0.39 is 0 Å². The minimum absolute atomic E-state index is 0.327. The first-order valence-electron chi connectivity index (χ1n) is 6.29. The van der Waals surface area contributed by atoms with E-state index in [1.807, 2.05) is 18.2 Å². The van der Waals surface area contributed by atoms with Crippen molar-refractivity contribution in [2.45, 2.75) is 20.4 Å². The van der Waals surface area contributed by atoms with Crippen LogP contribution in [0.1, 0.15) is 18.1 Å². The molecule has 0 unspecified atom stereocenters. The van der Waals surface area contributed by atoms with Gasteiger partial charge in [-0.3, -0.25) is 0 Å². The van der Waals surface area contributed by atoms with Gasteiger partial charge in [-0.1, -0.05) is 30.3 Å². The molecule has 1 N–H and O–H groups in total. The zero-order valence-electron chi connectivity index (χ0n) is 10.9. The van der Waals surface area contributed by atoms with Gasteiger partial charge in [-0.15, -0.1) is 0 Å². The van der Waals surface area contributed by atoms with Gasteiger partial charge < -0.3 is 10.0 Å². The summed E-state index contributed by atoms with van der Waals surface area (Å²) in [4.78, 5) is 2.31. The number of aryl methyl sites for hydroxylation is 1. The second kappa shape index (κ2) is 5.58. The third-order valence-corrected chi connectivity index (χ3v) is 3.12. The lowest BCUT2D eigenvalue weighted by Crippen LogP contribution is -2.22. The van der Waals surface area contributed by atoms with Crippen molar-refractivity contribution in [3.63, 3.8) is 0 Å². The molecule has 0 radical (unpaired) electrons. The quantitative estimate of drug-likeness (QED) is 0.881. The monoisotopic (exact) mass is 241 g/mol. The molecule has 0 aliphatic rings. The van der Waals surface area contributed by atoms with Gasteiger partial charge in [0.05, 0.1) is 0 Å². The van der Waals surface area contributed by atoms with Crippen LogP contribution in [0.5, 0.6) is 5.75 Å². The van der Waals surface area contributed by atoms with E-state index in [0.717, 1.165) is 18.7 Å². The zero-order valence-corrected chi connectivity index (χ0v) is 10.9. The van der Waals surface area contributed by atoms with Crippen molar-refractivity contribution in [1.29, 1.82) is 0 Å². The molecule has 94 valence electrons. The standard InChI is InChI=1S/C16H19NO/c1-3-17(16-10-5-4-7-13(16)2)12-14-8-6-9-15(18)11-14/h4-11,18H,3,12H2,1-2H3. The minimum Gasteiger partial charge on any atom is -0.508 e. The van der Waals surface area contributed by atoms with Gasteiger partial charge in [-0.25, -0.2) is 0 Å². The lowest BCUT2D eigenvalue weighted by Gasteiger charge is -2.25. The highest BCUT2D eigenvalue weighted by Gasteiger charge is 2.07. The highest BCUT2D eigenvalue weighted by molar-refractivity contribution is 5.53. The minimum atomic E-state index is 0.327. The molecule has 0 saturated carbocycles. The number of rotatable bonds is 4. The molecule has 18 heavy (non-hydrogen) atoms. The molecule has 0 spiro atoms. The second-order valence-corrected chi connectivity index (χ2v) is 4.47. The normalized spacial score (nSPS) is 10.3. The number of aromatic hydroxyl groups is 1. The molecule has 0 aliphatic carbocycles. The van der Waals surface area contributed by atoms with Gasteiger partial charge in [0, 0.05) is 18.8 Å². The van der Waals surface area contributed by atoms with Crippen molar-refractivity contribution in [3.05, 3.63) is 59.7 Å². The summed E-state index contributed by atoms with van der Waals surface area (Å²) in [6, 6.07) is 15.8. The molecule has 0 heterocycles. The topological polar surface area (TPSA) is 23.5 Å². The third-order valence-electron chi connectivity index (χ3n) is 3.12. The third kappa shape index (κ3) is 2.83. The Bertz CT molecular complexity index is 522. The van der Waals surface area contributed by atoms with Gasteiger partial charge in [0.1, 0.15) is 5.75 Å². The number of nitrogens with zero attached hydrogens (tertiary/aromatic N) is 1. The van der Waals surface area contributed by atoms with Gasteiger partial charge in [-0.2, -0.15) is 0 Å². The number of hydrogen-bond donors (Lipinski definition) is 1. The van der Waals surface area contributed by atoms with Gasteiger partial charge >= 0.3 is 0 Å². The van der Waals surface area contributed by atoms with Crippen LogP contribution >= 0.6 is 0 Å². The first-order chi connectivity index (χ1) is 8.70. The Labute approximate surface area is 109 Å². The molecule has 2 aromatic carbocycles. The van der Waals surface area contributed by atoms with E-state index >= 15 is 0 Å². The maximum atomic E-state index is 9.51. The van der Waals surface area contributed by atoms with Crippen LogP contribution in [0.15, 0.2) is 48.5 Å². The number of benzene rings is 2. The van der Waals surface area contributed by atoms with Crippen molar-refractivity contribution in [1.82, 2.24) is 0 Å². The maximum Gasteiger partial charge on any atom is 0.115 e. The summed E-state index contributed by atoms with van der Waals surface area (Å²) in [5, 5.41) is 9.51. The van der Waals surface area contributed by atoms with Crippen LogP contribution in [0.2, 0.25) is 0 Å². The van der Waals surface area contributed by atoms with Crippen LogP contribution in [0.25, 0.3) is 0 Å². The maximum absolute atomic E-state index is 9.51. The van der Waals surface area contributed by atoms with Crippen molar-refractivity contribution in [2.24, 2.45) is 0 Å². The molecule has 0 atom stereocenters. The largest absolute Gasteiger partial charge is 0.508 e. The Balaban J connectivity index is 2.23. The summed E-state index contributed by atoms with van der Waals surface area (Å²) >= 11 is 0. The highest BCUT2D eigenvalue weighted by Crippen LogP contribution is 2.22. The molecule has 0 amide bonds. The molecule has 0 bridgehead atoms. The van der Waals surface area contributed by atoms with Crippen LogP contribution in [-0.4, -0.2) is 11.7 Å². The summed E-state index contributed by atoms with van der Waals surface area (Å²) in [5.74, 6) is 0.327. The summed E-state index contributed by atoms with van der Waals surface area (Å²) in [6.07, 6.45) is 0. The van der Waals surface area contributed by atoms with E-state index in [4.69, 9.17) is 0 Å². The average Bonchev–Trinajstić information content (AvgIpc) is 2.37. The number of phenols is 1. The summed E-state index contributed by atoms with van der Waals surface area (Å²) in [7, 11) is 0. The van der Waals surface area contributed by atoms with Crippen LogP contribution in [0, 0.1) is 6.92 Å². The summed E-state index contributed by atoms with van der Waals surface area (Å²) in [6.45, 7) is 6.03. The first-order valence-corrected chi connectivity index (χ1v) is 6.29. The lowest BCUT2D eigenvalue weighted by atomic mass is 10.1. The fourth-order valence-electron chi connectivity index (χ4n) is 2.16. The fraction of sp³-hybridized carbons (Fsp3) is 0.250. The molecule has 2 heteroatoms. The van der Waals surface area contributed by atoms with Gasteiger partial charge in [0.15, 0.2) is 0 Å². The summed E-state index contributed by atoms with van der Waals surface area (Å²) in [5.41, 5.74) is 3.66. The van der Waals surface area contributed by atoms with Gasteiger partial charge in [-0.05, 0) is 43.2 Å². The predicted octanol–water partition coefficient (Wildman–Crippen LogP) is 3.73. The molecule has 0 saturated heterocycles.